The predicted octanol–water partition coefficient (Wildman–Crippen LogP) is 3.10. The molecule has 0 aliphatic heterocycles. The lowest BCUT2D eigenvalue weighted by atomic mass is 10.1. The number of ether oxygens (including phenoxy) is 1. The van der Waals surface area contributed by atoms with Crippen molar-refractivity contribution < 1.29 is 4.74 Å². The van der Waals surface area contributed by atoms with E-state index in [1.54, 1.807) is 7.11 Å². The molecule has 0 aromatic carbocycles. The Bertz CT molecular complexity index is 319. The summed E-state index contributed by atoms with van der Waals surface area (Å²) in [5, 5.41) is 4.88. The molecule has 0 fully saturated rings. The Morgan fingerprint density at radius 1 is 1.39 bits per heavy atom. The molecule has 1 rings (SSSR count). The Labute approximate surface area is 115 Å². The van der Waals surface area contributed by atoms with Crippen molar-refractivity contribution in [2.45, 2.75) is 52.5 Å². The van der Waals surface area contributed by atoms with Gasteiger partial charge in [0.1, 0.15) is 0 Å². The van der Waals surface area contributed by atoms with Gasteiger partial charge < -0.3 is 10.1 Å². The van der Waals surface area contributed by atoms with E-state index in [2.05, 4.69) is 31.1 Å². The molecule has 1 atom stereocenters. The lowest BCUT2D eigenvalue weighted by Crippen LogP contribution is -2.32. The number of aromatic nitrogens is 1. The van der Waals surface area contributed by atoms with Crippen molar-refractivity contribution in [3.8, 4) is 0 Å². The van der Waals surface area contributed by atoms with Crippen molar-refractivity contribution >= 4 is 11.3 Å². The van der Waals surface area contributed by atoms with Crippen molar-refractivity contribution in [2.24, 2.45) is 0 Å². The first-order valence-corrected chi connectivity index (χ1v) is 7.64. The van der Waals surface area contributed by atoms with Gasteiger partial charge in [0.15, 0.2) is 0 Å². The number of rotatable bonds is 9. The van der Waals surface area contributed by atoms with Crippen LogP contribution in [0.2, 0.25) is 0 Å². The third-order valence-electron chi connectivity index (χ3n) is 3.08. The van der Waals surface area contributed by atoms with Gasteiger partial charge in [-0.3, -0.25) is 0 Å². The van der Waals surface area contributed by atoms with Crippen molar-refractivity contribution in [1.29, 1.82) is 0 Å². The van der Waals surface area contributed by atoms with E-state index in [0.29, 0.717) is 6.04 Å². The Hall–Kier alpha value is -0.450. The van der Waals surface area contributed by atoms with E-state index >= 15 is 0 Å². The highest BCUT2D eigenvalue weighted by Gasteiger charge is 2.12. The zero-order chi connectivity index (χ0) is 13.4. The molecule has 1 unspecified atom stereocenters. The zero-order valence-electron chi connectivity index (χ0n) is 12.1. The summed E-state index contributed by atoms with van der Waals surface area (Å²) in [5.74, 6) is 0. The summed E-state index contributed by atoms with van der Waals surface area (Å²) in [6.07, 6.45) is 4.49. The van der Waals surface area contributed by atoms with Crippen LogP contribution in [0.25, 0.3) is 0 Å². The van der Waals surface area contributed by atoms with Gasteiger partial charge in [-0.25, -0.2) is 4.98 Å². The average Bonchev–Trinajstić information content (AvgIpc) is 2.65. The molecular formula is C14H26N2OS. The van der Waals surface area contributed by atoms with Gasteiger partial charge in [0, 0.05) is 31.1 Å². The number of hydrogen-bond donors (Lipinski definition) is 1. The van der Waals surface area contributed by atoms with Crippen LogP contribution >= 0.6 is 11.3 Å². The molecule has 1 aromatic heterocycles. The molecule has 0 aliphatic rings. The van der Waals surface area contributed by atoms with E-state index in [1.807, 2.05) is 11.3 Å². The van der Waals surface area contributed by atoms with E-state index in [-0.39, 0.29) is 0 Å². The van der Waals surface area contributed by atoms with Gasteiger partial charge in [0.25, 0.3) is 0 Å². The van der Waals surface area contributed by atoms with Crippen LogP contribution in [-0.2, 0) is 11.2 Å². The Kier molecular flexibility index (Phi) is 7.47. The molecular weight excluding hydrogens is 244 g/mol. The third kappa shape index (κ3) is 5.46. The fourth-order valence-corrected chi connectivity index (χ4v) is 2.95. The normalized spacial score (nSPS) is 12.9. The van der Waals surface area contributed by atoms with Crippen LogP contribution in [0, 0.1) is 13.8 Å². The standard InChI is InChI=1S/C14H26N2OS/c1-5-8-15-13(7-6-9-17-4)10-14-16-11(2)12(3)18-14/h13,15H,5-10H2,1-4H3. The number of hydrogen-bond acceptors (Lipinski definition) is 4. The van der Waals surface area contributed by atoms with Crippen molar-refractivity contribution in [1.82, 2.24) is 10.3 Å². The van der Waals surface area contributed by atoms with E-state index in [1.165, 1.54) is 22.0 Å². The molecule has 0 amide bonds. The minimum Gasteiger partial charge on any atom is -0.385 e. The summed E-state index contributed by atoms with van der Waals surface area (Å²) < 4.78 is 5.13. The maximum absolute atomic E-state index is 5.13. The van der Waals surface area contributed by atoms with E-state index < -0.39 is 0 Å². The molecule has 0 saturated heterocycles. The maximum Gasteiger partial charge on any atom is 0.0946 e. The lowest BCUT2D eigenvalue weighted by Gasteiger charge is -2.17. The summed E-state index contributed by atoms with van der Waals surface area (Å²) in [6, 6.07) is 0.532. The molecule has 1 heterocycles. The molecule has 104 valence electrons. The topological polar surface area (TPSA) is 34.1 Å². The molecule has 4 heteroatoms. The monoisotopic (exact) mass is 270 g/mol. The van der Waals surface area contributed by atoms with Crippen LogP contribution in [0.15, 0.2) is 0 Å². The minimum atomic E-state index is 0.532. The summed E-state index contributed by atoms with van der Waals surface area (Å²) in [6.45, 7) is 8.38. The average molecular weight is 270 g/mol. The molecule has 18 heavy (non-hydrogen) atoms. The number of methoxy groups -OCH3 is 1. The summed E-state index contributed by atoms with van der Waals surface area (Å²) in [4.78, 5) is 5.98. The van der Waals surface area contributed by atoms with Crippen LogP contribution in [0.5, 0.6) is 0 Å². The Balaban J connectivity index is 2.48. The molecule has 0 saturated carbocycles. The smallest absolute Gasteiger partial charge is 0.0946 e. The van der Waals surface area contributed by atoms with Gasteiger partial charge in [0.2, 0.25) is 0 Å². The zero-order valence-corrected chi connectivity index (χ0v) is 12.9. The predicted molar refractivity (Wildman–Crippen MR) is 78.5 cm³/mol. The van der Waals surface area contributed by atoms with Crippen molar-refractivity contribution in [2.75, 3.05) is 20.3 Å². The molecule has 0 aliphatic carbocycles. The molecule has 0 bridgehead atoms. The highest BCUT2D eigenvalue weighted by molar-refractivity contribution is 7.11. The second-order valence-corrected chi connectivity index (χ2v) is 6.03. The maximum atomic E-state index is 5.13. The largest absolute Gasteiger partial charge is 0.385 e. The first-order chi connectivity index (χ1) is 8.67. The summed E-state index contributed by atoms with van der Waals surface area (Å²) in [7, 11) is 1.77. The minimum absolute atomic E-state index is 0.532. The molecule has 0 spiro atoms. The molecule has 0 radical (unpaired) electrons. The second-order valence-electron chi connectivity index (χ2n) is 4.74. The van der Waals surface area contributed by atoms with Crippen molar-refractivity contribution in [3.63, 3.8) is 0 Å². The molecule has 1 N–H and O–H groups in total. The number of thiazole rings is 1. The van der Waals surface area contributed by atoms with E-state index in [9.17, 15) is 0 Å². The number of aryl methyl sites for hydroxylation is 2. The van der Waals surface area contributed by atoms with Crippen LogP contribution in [0.1, 0.15) is 41.8 Å². The first-order valence-electron chi connectivity index (χ1n) is 6.82. The fraction of sp³-hybridized carbons (Fsp3) is 0.786. The summed E-state index contributed by atoms with van der Waals surface area (Å²) >= 11 is 1.83. The summed E-state index contributed by atoms with van der Waals surface area (Å²) in [5.41, 5.74) is 1.18. The second kappa shape index (κ2) is 8.62. The van der Waals surface area contributed by atoms with Gasteiger partial charge in [0.05, 0.1) is 10.7 Å². The SMILES string of the molecule is CCCNC(CCCOC)Cc1nc(C)c(C)s1. The molecule has 1 aromatic rings. The quantitative estimate of drug-likeness (QED) is 0.700. The molecule has 3 nitrogen and oxygen atoms in total. The third-order valence-corrected chi connectivity index (χ3v) is 4.17. The highest BCUT2D eigenvalue weighted by Crippen LogP contribution is 2.18. The van der Waals surface area contributed by atoms with Crippen LogP contribution < -0.4 is 5.32 Å². The lowest BCUT2D eigenvalue weighted by molar-refractivity contribution is 0.188. The van der Waals surface area contributed by atoms with Gasteiger partial charge in [-0.2, -0.15) is 0 Å². The van der Waals surface area contributed by atoms with Crippen molar-refractivity contribution in [3.05, 3.63) is 15.6 Å². The van der Waals surface area contributed by atoms with Crippen LogP contribution in [0.4, 0.5) is 0 Å². The number of nitrogens with zero attached hydrogens (tertiary/aromatic N) is 1. The van der Waals surface area contributed by atoms with Gasteiger partial charge in [-0.1, -0.05) is 6.92 Å². The van der Waals surface area contributed by atoms with Crippen LogP contribution in [0.3, 0.4) is 0 Å². The van der Waals surface area contributed by atoms with E-state index in [4.69, 9.17) is 4.74 Å². The highest BCUT2D eigenvalue weighted by atomic mass is 32.1. The first kappa shape index (κ1) is 15.6. The van der Waals surface area contributed by atoms with Gasteiger partial charge >= 0.3 is 0 Å². The van der Waals surface area contributed by atoms with E-state index in [0.717, 1.165) is 32.4 Å². The van der Waals surface area contributed by atoms with Gasteiger partial charge in [-0.15, -0.1) is 11.3 Å². The Morgan fingerprint density at radius 2 is 2.17 bits per heavy atom. The number of nitrogens with one attached hydrogen (secondary N) is 1. The Morgan fingerprint density at radius 3 is 2.72 bits per heavy atom. The van der Waals surface area contributed by atoms with Gasteiger partial charge in [-0.05, 0) is 39.7 Å². The van der Waals surface area contributed by atoms with Crippen LogP contribution in [-0.4, -0.2) is 31.3 Å². The fourth-order valence-electron chi connectivity index (χ4n) is 1.94.